The van der Waals surface area contributed by atoms with Crippen molar-refractivity contribution >= 4 is 29.1 Å². The number of nitrogens with one attached hydrogen (secondary N) is 1. The number of hydrogen-bond donors (Lipinski definition) is 2. The van der Waals surface area contributed by atoms with Crippen LogP contribution in [0.5, 0.6) is 0 Å². The molecule has 7 nitrogen and oxygen atoms in total. The van der Waals surface area contributed by atoms with Gasteiger partial charge in [0, 0.05) is 25.4 Å². The van der Waals surface area contributed by atoms with E-state index < -0.39 is 18.6 Å². The zero-order valence-corrected chi connectivity index (χ0v) is 18.5. The Labute approximate surface area is 189 Å². The minimum atomic E-state index is -2.62. The number of anilines is 2. The smallest absolute Gasteiger partial charge is 0.272 e. The fourth-order valence-corrected chi connectivity index (χ4v) is 6.29. The first kappa shape index (κ1) is 21.6. The Bertz CT molecular complexity index is 998. The number of rotatable bonds is 6. The van der Waals surface area contributed by atoms with Crippen molar-refractivity contribution in [1.29, 1.82) is 0 Å². The van der Waals surface area contributed by atoms with Crippen molar-refractivity contribution in [2.45, 2.75) is 56.7 Å². The maximum absolute atomic E-state index is 13.2. The summed E-state index contributed by atoms with van der Waals surface area (Å²) in [5, 5.41) is 18.5. The summed E-state index contributed by atoms with van der Waals surface area (Å²) < 4.78 is 27.5. The lowest BCUT2D eigenvalue weighted by Gasteiger charge is -2.58. The molecule has 10 heteroatoms. The number of aromatic nitrogens is 3. The number of alkyl halides is 2. The number of pyridine rings is 1. The van der Waals surface area contributed by atoms with Gasteiger partial charge in [0.1, 0.15) is 18.2 Å². The molecule has 0 aromatic carbocycles. The van der Waals surface area contributed by atoms with Crippen LogP contribution in [0, 0.1) is 17.8 Å². The number of carbonyl (C=O) groups excluding carboxylic acids is 1. The molecule has 6 rings (SSSR count). The summed E-state index contributed by atoms with van der Waals surface area (Å²) in [5.74, 6) is 1.48. The lowest BCUT2D eigenvalue weighted by atomic mass is 9.52. The van der Waals surface area contributed by atoms with Crippen LogP contribution < -0.4 is 10.2 Å². The van der Waals surface area contributed by atoms with Crippen LogP contribution in [-0.4, -0.2) is 50.9 Å². The molecule has 2 aromatic heterocycles. The molecule has 4 aliphatic rings. The number of carbonyl (C=O) groups is 1. The van der Waals surface area contributed by atoms with Gasteiger partial charge in [0.2, 0.25) is 0 Å². The molecule has 0 aliphatic heterocycles. The standard InChI is InChI=1S/C22H26ClF2N5O2/c1-29(18-3-2-15(23)10-26-18)19-6-16(28-30(19)11-17(24)25)21(31)27-20-13-4-12-5-14(20)9-22(32,7-12)8-13/h2-3,6,10,12-14,17,20,32H,4-5,7-9,11H2,1H3,(H,27,31). The van der Waals surface area contributed by atoms with Gasteiger partial charge in [-0.3, -0.25) is 4.79 Å². The zero-order valence-electron chi connectivity index (χ0n) is 17.7. The van der Waals surface area contributed by atoms with E-state index in [9.17, 15) is 18.7 Å². The molecule has 4 saturated carbocycles. The third-order valence-electron chi connectivity index (χ3n) is 7.24. The lowest BCUT2D eigenvalue weighted by molar-refractivity contribution is -0.136. The topological polar surface area (TPSA) is 83.3 Å². The van der Waals surface area contributed by atoms with Crippen molar-refractivity contribution in [2.75, 3.05) is 11.9 Å². The van der Waals surface area contributed by atoms with E-state index in [2.05, 4.69) is 15.4 Å². The van der Waals surface area contributed by atoms with Gasteiger partial charge in [-0.1, -0.05) is 11.6 Å². The number of nitrogens with zero attached hydrogens (tertiary/aromatic N) is 4. The molecule has 2 unspecified atom stereocenters. The molecule has 4 aliphatic carbocycles. The third kappa shape index (κ3) is 3.96. The molecular formula is C22H26ClF2N5O2. The number of hydrogen-bond acceptors (Lipinski definition) is 5. The Morgan fingerprint density at radius 3 is 2.66 bits per heavy atom. The van der Waals surface area contributed by atoms with E-state index in [-0.39, 0.29) is 29.5 Å². The highest BCUT2D eigenvalue weighted by Gasteiger charge is 2.55. The van der Waals surface area contributed by atoms with Crippen molar-refractivity contribution < 1.29 is 18.7 Å². The highest BCUT2D eigenvalue weighted by atomic mass is 35.5. The highest BCUT2D eigenvalue weighted by Crippen LogP contribution is 2.55. The molecule has 0 spiro atoms. The quantitative estimate of drug-likeness (QED) is 0.680. The number of halogens is 3. The predicted molar refractivity (Wildman–Crippen MR) is 115 cm³/mol. The molecule has 0 saturated heterocycles. The normalized spacial score (nSPS) is 30.7. The summed E-state index contributed by atoms with van der Waals surface area (Å²) in [6, 6.07) is 4.82. The van der Waals surface area contributed by atoms with Crippen LogP contribution in [0.1, 0.15) is 42.6 Å². The fourth-order valence-electron chi connectivity index (χ4n) is 6.18. The molecular weight excluding hydrogens is 440 g/mol. The van der Waals surface area contributed by atoms with Gasteiger partial charge < -0.3 is 15.3 Å². The first-order valence-electron chi connectivity index (χ1n) is 11.0. The molecule has 4 fully saturated rings. The Kier molecular flexibility index (Phi) is 5.36. The van der Waals surface area contributed by atoms with Crippen LogP contribution in [0.4, 0.5) is 20.4 Å². The largest absolute Gasteiger partial charge is 0.390 e. The van der Waals surface area contributed by atoms with E-state index in [0.29, 0.717) is 35.4 Å². The molecule has 2 atom stereocenters. The summed E-state index contributed by atoms with van der Waals surface area (Å²) in [6.45, 7) is -0.635. The average molecular weight is 466 g/mol. The fraction of sp³-hybridized carbons (Fsp3) is 0.591. The average Bonchev–Trinajstić information content (AvgIpc) is 3.12. The Morgan fingerprint density at radius 2 is 2.06 bits per heavy atom. The van der Waals surface area contributed by atoms with Crippen LogP contribution in [-0.2, 0) is 6.54 Å². The maximum Gasteiger partial charge on any atom is 0.272 e. The number of aliphatic hydroxyl groups is 1. The maximum atomic E-state index is 13.2. The molecule has 2 aromatic rings. The van der Waals surface area contributed by atoms with E-state index >= 15 is 0 Å². The third-order valence-corrected chi connectivity index (χ3v) is 7.46. The van der Waals surface area contributed by atoms with Gasteiger partial charge in [-0.2, -0.15) is 5.10 Å². The molecule has 2 N–H and O–H groups in total. The Morgan fingerprint density at radius 1 is 1.34 bits per heavy atom. The zero-order chi connectivity index (χ0) is 22.6. The second-order valence-electron chi connectivity index (χ2n) is 9.55. The monoisotopic (exact) mass is 465 g/mol. The van der Waals surface area contributed by atoms with Crippen LogP contribution in [0.25, 0.3) is 0 Å². The van der Waals surface area contributed by atoms with E-state index in [4.69, 9.17) is 11.6 Å². The van der Waals surface area contributed by atoms with E-state index in [1.54, 1.807) is 24.1 Å². The molecule has 4 bridgehead atoms. The van der Waals surface area contributed by atoms with Gasteiger partial charge in [0.25, 0.3) is 12.3 Å². The van der Waals surface area contributed by atoms with Crippen LogP contribution >= 0.6 is 11.6 Å². The van der Waals surface area contributed by atoms with Crippen LogP contribution in [0.2, 0.25) is 5.02 Å². The van der Waals surface area contributed by atoms with Crippen LogP contribution in [0.3, 0.4) is 0 Å². The first-order chi connectivity index (χ1) is 15.2. The summed E-state index contributed by atoms with van der Waals surface area (Å²) in [6.07, 6.45) is 3.16. The second kappa shape index (κ2) is 7.95. The van der Waals surface area contributed by atoms with Crippen molar-refractivity contribution in [1.82, 2.24) is 20.1 Å². The van der Waals surface area contributed by atoms with E-state index in [1.807, 2.05) is 0 Å². The van der Waals surface area contributed by atoms with Gasteiger partial charge in [-0.05, 0) is 62.0 Å². The van der Waals surface area contributed by atoms with E-state index in [1.165, 1.54) is 12.3 Å². The summed E-state index contributed by atoms with van der Waals surface area (Å²) >= 11 is 5.89. The van der Waals surface area contributed by atoms with Gasteiger partial charge in [-0.25, -0.2) is 18.4 Å². The lowest BCUT2D eigenvalue weighted by Crippen LogP contribution is -2.61. The summed E-state index contributed by atoms with van der Waals surface area (Å²) in [4.78, 5) is 18.9. The minimum absolute atomic E-state index is 0.0151. The highest BCUT2D eigenvalue weighted by molar-refractivity contribution is 6.30. The van der Waals surface area contributed by atoms with Gasteiger partial charge in [-0.15, -0.1) is 0 Å². The van der Waals surface area contributed by atoms with Gasteiger partial charge in [0.05, 0.1) is 10.6 Å². The van der Waals surface area contributed by atoms with Gasteiger partial charge >= 0.3 is 0 Å². The molecule has 172 valence electrons. The van der Waals surface area contributed by atoms with Crippen molar-refractivity contribution in [3.05, 3.63) is 35.1 Å². The van der Waals surface area contributed by atoms with Crippen molar-refractivity contribution in [3.63, 3.8) is 0 Å². The molecule has 1 amide bonds. The second-order valence-corrected chi connectivity index (χ2v) is 9.98. The minimum Gasteiger partial charge on any atom is -0.390 e. The number of amides is 1. The van der Waals surface area contributed by atoms with Crippen molar-refractivity contribution in [3.8, 4) is 0 Å². The Balaban J connectivity index is 1.37. The predicted octanol–water partition coefficient (Wildman–Crippen LogP) is 3.63. The Hall–Kier alpha value is -2.26. The molecule has 2 heterocycles. The SMILES string of the molecule is CN(c1ccc(Cl)cn1)c1cc(C(=O)NC2C3CC4CC2CC(O)(C4)C3)nn1CC(F)F. The first-order valence-corrected chi connectivity index (χ1v) is 11.3. The van der Waals surface area contributed by atoms with Crippen LogP contribution in [0.15, 0.2) is 24.4 Å². The summed E-state index contributed by atoms with van der Waals surface area (Å²) in [7, 11) is 1.68. The summed E-state index contributed by atoms with van der Waals surface area (Å²) in [5.41, 5.74) is -0.494. The molecule has 32 heavy (non-hydrogen) atoms. The molecule has 0 radical (unpaired) electrons. The van der Waals surface area contributed by atoms with Gasteiger partial charge in [0.15, 0.2) is 5.69 Å². The van der Waals surface area contributed by atoms with E-state index in [0.717, 1.165) is 23.9 Å². The van der Waals surface area contributed by atoms with Crippen molar-refractivity contribution in [2.24, 2.45) is 17.8 Å².